The van der Waals surface area contributed by atoms with Gasteiger partial charge in [-0.15, -0.1) is 0 Å². The lowest BCUT2D eigenvalue weighted by atomic mass is 9.90. The maximum atomic E-state index is 14.6. The van der Waals surface area contributed by atoms with Crippen LogP contribution in [-0.2, 0) is 13.8 Å². The molecule has 2 saturated carbocycles. The SMILES string of the molecule is [2H][C@]12C[C@H]1C[C@]1(OP(C)OCC[N+]#[C-])[C@H](F)[C@H](C)O[C@H]21. The van der Waals surface area contributed by atoms with Gasteiger partial charge in [-0.1, -0.05) is 0 Å². The Morgan fingerprint density at radius 3 is 3.21 bits per heavy atom. The monoisotopic (exact) mass is 288 g/mol. The molecule has 0 radical (unpaired) electrons. The summed E-state index contributed by atoms with van der Waals surface area (Å²) in [6.45, 7) is 10.8. The molecule has 0 spiro atoms. The summed E-state index contributed by atoms with van der Waals surface area (Å²) in [5, 5.41) is 0. The minimum absolute atomic E-state index is 0.185. The van der Waals surface area contributed by atoms with E-state index in [0.29, 0.717) is 13.0 Å². The number of fused-ring (bicyclic) bond motifs is 3. The second kappa shape index (κ2) is 4.93. The highest BCUT2D eigenvalue weighted by Crippen LogP contribution is 2.65. The van der Waals surface area contributed by atoms with E-state index in [1.54, 1.807) is 13.6 Å². The molecule has 0 aromatic carbocycles. The fourth-order valence-electron chi connectivity index (χ4n) is 3.31. The summed E-state index contributed by atoms with van der Waals surface area (Å²) in [5.41, 5.74) is -1.01. The first-order valence-corrected chi connectivity index (χ1v) is 8.25. The molecule has 0 amide bonds. The van der Waals surface area contributed by atoms with Crippen molar-refractivity contribution < 1.29 is 19.5 Å². The Balaban J connectivity index is 1.71. The molecule has 0 N–H and O–H groups in total. The predicted molar refractivity (Wildman–Crippen MR) is 69.5 cm³/mol. The predicted octanol–water partition coefficient (Wildman–Crippen LogP) is 2.78. The Bertz CT molecular complexity index is 450. The Morgan fingerprint density at radius 1 is 1.68 bits per heavy atom. The number of hydrogen-bond acceptors (Lipinski definition) is 3. The van der Waals surface area contributed by atoms with Gasteiger partial charge in [-0.05, 0) is 31.6 Å². The number of nitrogens with zero attached hydrogens (tertiary/aromatic N) is 1. The van der Waals surface area contributed by atoms with Gasteiger partial charge in [0.05, 0.1) is 12.2 Å². The van der Waals surface area contributed by atoms with Crippen LogP contribution in [0.25, 0.3) is 4.85 Å². The molecule has 19 heavy (non-hydrogen) atoms. The van der Waals surface area contributed by atoms with E-state index in [4.69, 9.17) is 21.7 Å². The molecule has 0 aromatic heterocycles. The van der Waals surface area contributed by atoms with Crippen molar-refractivity contribution in [3.05, 3.63) is 11.4 Å². The molecule has 0 aromatic rings. The van der Waals surface area contributed by atoms with Gasteiger partial charge in [0.15, 0.2) is 14.5 Å². The Hall–Kier alpha value is -0.270. The minimum Gasteiger partial charge on any atom is -0.369 e. The first-order valence-electron chi connectivity index (χ1n) is 7.12. The van der Waals surface area contributed by atoms with Crippen LogP contribution in [0.15, 0.2) is 0 Å². The summed E-state index contributed by atoms with van der Waals surface area (Å²) in [5.74, 6) is -0.480. The first-order chi connectivity index (χ1) is 9.44. The summed E-state index contributed by atoms with van der Waals surface area (Å²) < 4.78 is 40.1. The van der Waals surface area contributed by atoms with Crippen LogP contribution in [0.4, 0.5) is 4.39 Å². The van der Waals surface area contributed by atoms with Crippen LogP contribution in [0.3, 0.4) is 0 Å². The van der Waals surface area contributed by atoms with E-state index in [0.717, 1.165) is 6.42 Å². The van der Waals surface area contributed by atoms with Gasteiger partial charge < -0.3 is 18.6 Å². The van der Waals surface area contributed by atoms with E-state index in [9.17, 15) is 4.39 Å². The maximum absolute atomic E-state index is 14.6. The average molecular weight is 288 g/mol. The summed E-state index contributed by atoms with van der Waals surface area (Å²) in [7, 11) is -1.26. The van der Waals surface area contributed by atoms with Crippen LogP contribution < -0.4 is 0 Å². The normalized spacial score (nSPS) is 53.1. The zero-order valence-electron chi connectivity index (χ0n) is 12.1. The highest BCUT2D eigenvalue weighted by molar-refractivity contribution is 7.46. The lowest BCUT2D eigenvalue weighted by Crippen LogP contribution is -2.45. The van der Waals surface area contributed by atoms with Gasteiger partial charge in [-0.2, -0.15) is 0 Å². The van der Waals surface area contributed by atoms with Gasteiger partial charge in [0.2, 0.25) is 6.54 Å². The molecule has 0 bridgehead atoms. The fraction of sp³-hybridized carbons (Fsp3) is 0.923. The van der Waals surface area contributed by atoms with Gasteiger partial charge in [0.1, 0.15) is 12.2 Å². The van der Waals surface area contributed by atoms with Crippen molar-refractivity contribution in [2.45, 2.75) is 43.7 Å². The number of rotatable bonds is 5. The van der Waals surface area contributed by atoms with Crippen LogP contribution in [0, 0.1) is 18.4 Å². The smallest absolute Gasteiger partial charge is 0.238 e. The average Bonchev–Trinajstić information content (AvgIpc) is 2.89. The third kappa shape index (κ3) is 2.19. The van der Waals surface area contributed by atoms with E-state index in [1.807, 2.05) is 0 Å². The molecule has 1 aliphatic heterocycles. The molecular weight excluding hydrogens is 268 g/mol. The molecule has 3 fully saturated rings. The standard InChI is InChI=1S/C13H19FNO3P/c1-8-11(14)13(18-19(3)16-5-4-15-2)7-9-6-10(9)12(13)17-8/h8-12H,4-7H2,1,3H3/t8-,9-,10-,11+,12+,13-,19?/m0/s1/i10D. The molecule has 1 heterocycles. The van der Waals surface area contributed by atoms with E-state index >= 15 is 0 Å². The fourth-order valence-corrected chi connectivity index (χ4v) is 4.45. The third-order valence-electron chi connectivity index (χ3n) is 4.20. The molecule has 1 saturated heterocycles. The van der Waals surface area contributed by atoms with Crippen molar-refractivity contribution >= 4 is 8.38 Å². The Kier molecular flexibility index (Phi) is 3.23. The molecule has 3 aliphatic rings. The van der Waals surface area contributed by atoms with Crippen LogP contribution >= 0.6 is 8.38 Å². The van der Waals surface area contributed by atoms with E-state index in [2.05, 4.69) is 4.85 Å². The van der Waals surface area contributed by atoms with Crippen molar-refractivity contribution in [3.63, 3.8) is 0 Å². The third-order valence-corrected chi connectivity index (χ3v) is 5.34. The van der Waals surface area contributed by atoms with Crippen LogP contribution in [0.1, 0.15) is 21.1 Å². The van der Waals surface area contributed by atoms with Crippen molar-refractivity contribution in [1.82, 2.24) is 0 Å². The van der Waals surface area contributed by atoms with Crippen molar-refractivity contribution in [3.8, 4) is 0 Å². The van der Waals surface area contributed by atoms with Gasteiger partial charge in [0.25, 0.3) is 0 Å². The maximum Gasteiger partial charge on any atom is 0.238 e. The first kappa shape index (κ1) is 12.5. The molecule has 1 unspecified atom stereocenters. The van der Waals surface area contributed by atoms with Gasteiger partial charge in [-0.3, -0.25) is 0 Å². The van der Waals surface area contributed by atoms with Crippen LogP contribution in [0.2, 0.25) is 0 Å². The molecule has 3 rings (SSSR count). The number of hydrogen-bond donors (Lipinski definition) is 0. The molecule has 6 heteroatoms. The quantitative estimate of drug-likeness (QED) is 0.443. The Morgan fingerprint density at radius 2 is 2.47 bits per heavy atom. The lowest BCUT2D eigenvalue weighted by molar-refractivity contribution is -0.0342. The summed E-state index contributed by atoms with van der Waals surface area (Å²) >= 11 is 0. The second-order valence-electron chi connectivity index (χ2n) is 5.50. The van der Waals surface area contributed by atoms with E-state index < -0.39 is 38.3 Å². The van der Waals surface area contributed by atoms with Gasteiger partial charge in [0, 0.05) is 8.04 Å². The van der Waals surface area contributed by atoms with Crippen molar-refractivity contribution in [2.75, 3.05) is 19.8 Å². The minimum atomic E-state index is -1.26. The lowest BCUT2D eigenvalue weighted by Gasteiger charge is -2.34. The van der Waals surface area contributed by atoms with Gasteiger partial charge >= 0.3 is 0 Å². The van der Waals surface area contributed by atoms with E-state index in [-0.39, 0.29) is 12.5 Å². The zero-order chi connectivity index (χ0) is 14.5. The van der Waals surface area contributed by atoms with E-state index in [1.165, 1.54) is 0 Å². The highest BCUT2D eigenvalue weighted by Gasteiger charge is 2.71. The Labute approximate surface area is 115 Å². The molecule has 106 valence electrons. The second-order valence-corrected chi connectivity index (χ2v) is 6.82. The van der Waals surface area contributed by atoms with Crippen molar-refractivity contribution in [1.29, 1.82) is 0 Å². The number of halogens is 1. The molecule has 2 aliphatic carbocycles. The summed E-state index contributed by atoms with van der Waals surface area (Å²) in [4.78, 5) is 3.21. The molecule has 4 nitrogen and oxygen atoms in total. The number of alkyl halides is 1. The highest BCUT2D eigenvalue weighted by atomic mass is 31.2. The summed E-state index contributed by atoms with van der Waals surface area (Å²) in [6, 6.07) is 0. The van der Waals surface area contributed by atoms with Crippen molar-refractivity contribution in [2.24, 2.45) is 11.8 Å². The molecular formula is C13H19FNO3P. The topological polar surface area (TPSA) is 32.0 Å². The van der Waals surface area contributed by atoms with Crippen LogP contribution in [0.5, 0.6) is 0 Å². The number of ether oxygens (including phenoxy) is 1. The molecule has 7 atom stereocenters. The van der Waals surface area contributed by atoms with Crippen LogP contribution in [-0.4, -0.2) is 43.8 Å². The summed E-state index contributed by atoms with van der Waals surface area (Å²) in [6.07, 6.45) is -0.903. The zero-order valence-corrected chi connectivity index (χ0v) is 12.0. The largest absolute Gasteiger partial charge is 0.369 e. The van der Waals surface area contributed by atoms with Gasteiger partial charge in [-0.25, -0.2) is 11.0 Å².